The number of piperidine rings is 1. The molecule has 4 rings (SSSR count). The molecule has 2 atom stereocenters. The molecule has 1 amide bonds. The summed E-state index contributed by atoms with van der Waals surface area (Å²) in [6.45, 7) is 2.52. The fraction of sp³-hybridized carbons (Fsp3) is 0.419. The maximum atomic E-state index is 13.8. The van der Waals surface area contributed by atoms with Crippen LogP contribution in [0.4, 0.5) is 15.8 Å². The molecule has 0 spiro atoms. The number of benzene rings is 2. The topological polar surface area (TPSA) is 127 Å². The molecule has 1 aromatic heterocycles. The standard InChI is InChI=1S/C31H40FN5O4S/c1-22(19-24-5-9-27(41-2)10-6-24)35-28-12-16-34-21-30(28)42(39,40)36-29(20-25-3-7-26(33)8-4-25)31(38)37-17-13-23(11-15-32)14-18-37/h3-10,12,16,21-23,29,36H,11,13-15,17-20,33H2,1-2H3,(H,34,35)/t22-,29+/m1/s1. The number of hydrogen-bond acceptors (Lipinski definition) is 7. The van der Waals surface area contributed by atoms with Gasteiger partial charge < -0.3 is 20.7 Å². The molecule has 0 radical (unpaired) electrons. The zero-order chi connectivity index (χ0) is 30.1. The first-order valence-electron chi connectivity index (χ1n) is 14.2. The maximum Gasteiger partial charge on any atom is 0.244 e. The van der Waals surface area contributed by atoms with Gasteiger partial charge in [0, 0.05) is 37.2 Å². The number of carbonyl (C=O) groups is 1. The average Bonchev–Trinajstić information content (AvgIpc) is 2.98. The minimum absolute atomic E-state index is 0.0386. The van der Waals surface area contributed by atoms with Crippen LogP contribution < -0.4 is 20.5 Å². The molecule has 1 aliphatic heterocycles. The smallest absolute Gasteiger partial charge is 0.244 e. The summed E-state index contributed by atoms with van der Waals surface area (Å²) < 4.78 is 48.4. The van der Waals surface area contributed by atoms with E-state index >= 15 is 0 Å². The van der Waals surface area contributed by atoms with E-state index in [1.165, 1.54) is 12.4 Å². The Kier molecular flexibility index (Phi) is 10.8. The number of nitrogen functional groups attached to an aromatic ring is 1. The summed E-state index contributed by atoms with van der Waals surface area (Å²) in [7, 11) is -2.55. The zero-order valence-corrected chi connectivity index (χ0v) is 24.9. The Hall–Kier alpha value is -3.70. The Bertz CT molecular complexity index is 1410. The van der Waals surface area contributed by atoms with E-state index in [2.05, 4.69) is 15.0 Å². The van der Waals surface area contributed by atoms with E-state index < -0.39 is 16.1 Å². The van der Waals surface area contributed by atoms with E-state index in [9.17, 15) is 17.6 Å². The fourth-order valence-electron chi connectivity index (χ4n) is 5.28. The summed E-state index contributed by atoms with van der Waals surface area (Å²) >= 11 is 0. The van der Waals surface area contributed by atoms with Crippen LogP contribution in [0.5, 0.6) is 5.75 Å². The summed E-state index contributed by atoms with van der Waals surface area (Å²) in [4.78, 5) is 19.4. The van der Waals surface area contributed by atoms with Crippen molar-refractivity contribution in [3.05, 3.63) is 78.1 Å². The first kappa shape index (κ1) is 31.2. The third kappa shape index (κ3) is 8.42. The van der Waals surface area contributed by atoms with Crippen LogP contribution in [0, 0.1) is 5.92 Å². The summed E-state index contributed by atoms with van der Waals surface area (Å²) in [5.41, 5.74) is 8.64. The number of sulfonamides is 1. The number of nitrogens with zero attached hydrogens (tertiary/aromatic N) is 2. The average molecular weight is 598 g/mol. The molecule has 1 saturated heterocycles. The number of methoxy groups -OCH3 is 1. The van der Waals surface area contributed by atoms with E-state index in [0.29, 0.717) is 50.1 Å². The van der Waals surface area contributed by atoms with E-state index in [0.717, 1.165) is 16.9 Å². The Morgan fingerprint density at radius 2 is 1.71 bits per heavy atom. The number of amides is 1. The number of likely N-dealkylation sites (tertiary alicyclic amines) is 1. The Morgan fingerprint density at radius 1 is 1.07 bits per heavy atom. The highest BCUT2D eigenvalue weighted by Crippen LogP contribution is 2.25. The number of pyridine rings is 1. The van der Waals surface area contributed by atoms with Crippen molar-refractivity contribution >= 4 is 27.3 Å². The van der Waals surface area contributed by atoms with Crippen molar-refractivity contribution in [3.63, 3.8) is 0 Å². The van der Waals surface area contributed by atoms with Gasteiger partial charge in [-0.2, -0.15) is 4.72 Å². The first-order chi connectivity index (χ1) is 20.2. The quantitative estimate of drug-likeness (QED) is 0.252. The molecule has 4 N–H and O–H groups in total. The van der Waals surface area contributed by atoms with Crippen LogP contribution in [0.3, 0.4) is 0 Å². The van der Waals surface area contributed by atoms with E-state index in [4.69, 9.17) is 10.5 Å². The number of alkyl halides is 1. The fourth-order valence-corrected chi connectivity index (χ4v) is 6.58. The van der Waals surface area contributed by atoms with Gasteiger partial charge in [0.15, 0.2) is 0 Å². The second-order valence-electron chi connectivity index (χ2n) is 10.8. The molecule has 0 aliphatic carbocycles. The molecule has 1 aliphatic rings. The largest absolute Gasteiger partial charge is 0.497 e. The third-order valence-corrected chi connectivity index (χ3v) is 9.13. The van der Waals surface area contributed by atoms with Gasteiger partial charge in [-0.3, -0.25) is 14.2 Å². The van der Waals surface area contributed by atoms with Crippen molar-refractivity contribution in [1.82, 2.24) is 14.6 Å². The van der Waals surface area contributed by atoms with Gasteiger partial charge in [-0.1, -0.05) is 24.3 Å². The maximum absolute atomic E-state index is 13.8. The zero-order valence-electron chi connectivity index (χ0n) is 24.1. The van der Waals surface area contributed by atoms with Crippen molar-refractivity contribution < 1.29 is 22.3 Å². The molecule has 11 heteroatoms. The van der Waals surface area contributed by atoms with Gasteiger partial charge in [-0.05, 0) is 86.4 Å². The van der Waals surface area contributed by atoms with Gasteiger partial charge in [-0.15, -0.1) is 0 Å². The predicted molar refractivity (Wildman–Crippen MR) is 163 cm³/mol. The molecule has 3 aromatic rings. The van der Waals surface area contributed by atoms with Crippen molar-refractivity contribution in [2.75, 3.05) is 37.9 Å². The molecule has 1 fully saturated rings. The number of rotatable bonds is 13. The SMILES string of the molecule is COc1ccc(C[C@@H](C)Nc2ccncc2S(=O)(=O)N[C@@H](Cc2ccc(N)cc2)C(=O)N2CCC(CCF)CC2)cc1. The van der Waals surface area contributed by atoms with Crippen LogP contribution in [-0.4, -0.2) is 63.2 Å². The number of nitrogens with two attached hydrogens (primary N) is 1. The third-order valence-electron chi connectivity index (χ3n) is 7.64. The van der Waals surface area contributed by atoms with E-state index in [1.54, 1.807) is 42.3 Å². The number of carbonyl (C=O) groups excluding carboxylic acids is 1. The van der Waals surface area contributed by atoms with Gasteiger partial charge >= 0.3 is 0 Å². The van der Waals surface area contributed by atoms with Crippen LogP contribution in [0.25, 0.3) is 0 Å². The highest BCUT2D eigenvalue weighted by molar-refractivity contribution is 7.89. The second kappa shape index (κ2) is 14.5. The van der Waals surface area contributed by atoms with Crippen LogP contribution in [0.15, 0.2) is 71.9 Å². The van der Waals surface area contributed by atoms with Gasteiger partial charge in [0.25, 0.3) is 0 Å². The number of hydrogen-bond donors (Lipinski definition) is 3. The molecule has 0 saturated carbocycles. The minimum Gasteiger partial charge on any atom is -0.497 e. The minimum atomic E-state index is -4.16. The van der Waals surface area contributed by atoms with Crippen molar-refractivity contribution in [2.24, 2.45) is 5.92 Å². The van der Waals surface area contributed by atoms with E-state index in [1.807, 2.05) is 31.2 Å². The van der Waals surface area contributed by atoms with Crippen molar-refractivity contribution in [2.45, 2.75) is 56.0 Å². The first-order valence-corrected chi connectivity index (χ1v) is 15.7. The predicted octanol–water partition coefficient (Wildman–Crippen LogP) is 4.20. The van der Waals surface area contributed by atoms with Gasteiger partial charge in [0.2, 0.25) is 15.9 Å². The molecule has 2 heterocycles. The lowest BCUT2D eigenvalue weighted by Crippen LogP contribution is -2.51. The second-order valence-corrected chi connectivity index (χ2v) is 12.5. The molecular weight excluding hydrogens is 557 g/mol. The van der Waals surface area contributed by atoms with Gasteiger partial charge in [0.05, 0.1) is 19.5 Å². The molecule has 226 valence electrons. The van der Waals surface area contributed by atoms with Crippen LogP contribution in [0.1, 0.15) is 37.3 Å². The van der Waals surface area contributed by atoms with Crippen molar-refractivity contribution in [1.29, 1.82) is 0 Å². The van der Waals surface area contributed by atoms with Gasteiger partial charge in [0.1, 0.15) is 16.7 Å². The number of anilines is 2. The van der Waals surface area contributed by atoms with Crippen molar-refractivity contribution in [3.8, 4) is 5.75 Å². The Labute approximate surface area is 247 Å². The number of ether oxygens (including phenoxy) is 1. The summed E-state index contributed by atoms with van der Waals surface area (Å²) in [6, 6.07) is 15.2. The molecule has 2 aromatic carbocycles. The molecule has 9 nitrogen and oxygen atoms in total. The number of halogens is 1. The molecule has 0 bridgehead atoms. The molecule has 0 unspecified atom stereocenters. The highest BCUT2D eigenvalue weighted by Gasteiger charge is 2.33. The Balaban J connectivity index is 1.52. The molecule has 42 heavy (non-hydrogen) atoms. The van der Waals surface area contributed by atoms with Crippen LogP contribution in [0.2, 0.25) is 0 Å². The number of nitrogens with one attached hydrogen (secondary N) is 2. The monoisotopic (exact) mass is 597 g/mol. The summed E-state index contributed by atoms with van der Waals surface area (Å²) in [6.07, 6.45) is 5.49. The highest BCUT2D eigenvalue weighted by atomic mass is 32.2. The van der Waals surface area contributed by atoms with Gasteiger partial charge in [-0.25, -0.2) is 8.42 Å². The summed E-state index contributed by atoms with van der Waals surface area (Å²) in [5.74, 6) is 0.691. The van der Waals surface area contributed by atoms with E-state index in [-0.39, 0.29) is 35.9 Å². The normalized spacial score (nSPS) is 15.6. The lowest BCUT2D eigenvalue weighted by molar-refractivity contribution is -0.134. The number of aromatic nitrogens is 1. The molecular formula is C31H40FN5O4S. The lowest BCUT2D eigenvalue weighted by atomic mass is 9.93. The van der Waals surface area contributed by atoms with Crippen LogP contribution in [-0.2, 0) is 27.7 Å². The Morgan fingerprint density at radius 3 is 2.36 bits per heavy atom. The van der Waals surface area contributed by atoms with Crippen LogP contribution >= 0.6 is 0 Å². The summed E-state index contributed by atoms with van der Waals surface area (Å²) in [5, 5.41) is 3.30. The lowest BCUT2D eigenvalue weighted by Gasteiger charge is -2.34.